The Morgan fingerprint density at radius 2 is 1.89 bits per heavy atom. The van der Waals surface area contributed by atoms with E-state index in [0.29, 0.717) is 16.0 Å². The van der Waals surface area contributed by atoms with Crippen LogP contribution in [0.3, 0.4) is 0 Å². The molecule has 2 rings (SSSR count). The molecule has 0 aliphatic carbocycles. The third-order valence-corrected chi connectivity index (χ3v) is 3.72. The number of anilines is 1. The van der Waals surface area contributed by atoms with E-state index in [1.807, 2.05) is 18.2 Å². The Bertz CT molecular complexity index is 602. The molecule has 0 saturated heterocycles. The maximum atomic E-state index is 12.0. The Morgan fingerprint density at radius 3 is 2.56 bits per heavy atom. The number of pyridine rings is 1. The Hall–Kier alpha value is -0.720. The highest BCUT2D eigenvalue weighted by Crippen LogP contribution is 2.22. The lowest BCUT2D eigenvalue weighted by Crippen LogP contribution is -2.13. The fourth-order valence-corrected chi connectivity index (χ4v) is 2.91. The predicted molar refractivity (Wildman–Crippen MR) is 81.7 cm³/mol. The van der Waals surface area contributed by atoms with Crippen LogP contribution in [0.15, 0.2) is 49.9 Å². The molecular formula is C12H7Br3N2O. The van der Waals surface area contributed by atoms with Crippen LogP contribution in [0.5, 0.6) is 0 Å². The molecule has 0 unspecified atom stereocenters. The smallest absolute Gasteiger partial charge is 0.257 e. The minimum Gasteiger partial charge on any atom is -0.306 e. The maximum Gasteiger partial charge on any atom is 0.257 e. The van der Waals surface area contributed by atoms with Gasteiger partial charge in [0.2, 0.25) is 0 Å². The van der Waals surface area contributed by atoms with E-state index in [1.165, 1.54) is 0 Å². The number of halogens is 3. The van der Waals surface area contributed by atoms with Crippen LogP contribution in [0, 0.1) is 0 Å². The Morgan fingerprint density at radius 1 is 1.11 bits per heavy atom. The Balaban J connectivity index is 2.22. The molecule has 0 radical (unpaired) electrons. The molecule has 92 valence electrons. The summed E-state index contributed by atoms with van der Waals surface area (Å²) in [5, 5.41) is 2.73. The number of nitrogens with one attached hydrogen (secondary N) is 1. The first-order valence-electron chi connectivity index (χ1n) is 4.95. The number of nitrogens with zero attached hydrogens (tertiary/aromatic N) is 1. The molecule has 1 aromatic heterocycles. The summed E-state index contributed by atoms with van der Waals surface area (Å²) >= 11 is 9.95. The van der Waals surface area contributed by atoms with Crippen molar-refractivity contribution in [1.82, 2.24) is 4.98 Å². The van der Waals surface area contributed by atoms with Gasteiger partial charge < -0.3 is 5.32 Å². The zero-order chi connectivity index (χ0) is 13.1. The summed E-state index contributed by atoms with van der Waals surface area (Å²) in [6, 6.07) is 10.7. The highest BCUT2D eigenvalue weighted by Gasteiger charge is 2.11. The van der Waals surface area contributed by atoms with Crippen LogP contribution >= 0.6 is 47.8 Å². The number of hydrogen-bond acceptors (Lipinski definition) is 2. The van der Waals surface area contributed by atoms with Crippen LogP contribution < -0.4 is 5.32 Å². The van der Waals surface area contributed by atoms with Crippen molar-refractivity contribution in [2.75, 3.05) is 5.32 Å². The lowest BCUT2D eigenvalue weighted by atomic mass is 10.2. The second-order valence-electron chi connectivity index (χ2n) is 3.42. The lowest BCUT2D eigenvalue weighted by Gasteiger charge is -2.06. The zero-order valence-electron chi connectivity index (χ0n) is 8.95. The summed E-state index contributed by atoms with van der Waals surface area (Å²) in [5.74, 6) is 0.296. The van der Waals surface area contributed by atoms with Crippen molar-refractivity contribution >= 4 is 59.5 Å². The molecule has 1 amide bonds. The van der Waals surface area contributed by atoms with Gasteiger partial charge in [-0.2, -0.15) is 0 Å². The van der Waals surface area contributed by atoms with Crippen molar-refractivity contribution in [2.45, 2.75) is 0 Å². The highest BCUT2D eigenvalue weighted by atomic mass is 79.9. The first-order chi connectivity index (χ1) is 8.56. The highest BCUT2D eigenvalue weighted by molar-refractivity contribution is 9.11. The van der Waals surface area contributed by atoms with Crippen molar-refractivity contribution in [3.05, 3.63) is 55.5 Å². The Labute approximate surface area is 129 Å². The third kappa shape index (κ3) is 3.40. The number of benzene rings is 1. The minimum absolute atomic E-state index is 0.208. The van der Waals surface area contributed by atoms with Gasteiger partial charge in [0.1, 0.15) is 10.4 Å². The molecule has 6 heteroatoms. The normalized spacial score (nSPS) is 10.2. The Kier molecular flexibility index (Phi) is 4.53. The number of rotatable bonds is 2. The van der Waals surface area contributed by atoms with E-state index in [-0.39, 0.29) is 5.91 Å². The second-order valence-corrected chi connectivity index (χ2v) is 6.01. The molecule has 0 aliphatic rings. The van der Waals surface area contributed by atoms with Gasteiger partial charge >= 0.3 is 0 Å². The number of hydrogen-bond donors (Lipinski definition) is 1. The summed E-state index contributed by atoms with van der Waals surface area (Å²) in [6.07, 6.45) is 0. The molecule has 2 aromatic rings. The average Bonchev–Trinajstić information content (AvgIpc) is 2.28. The average molecular weight is 435 g/mol. The van der Waals surface area contributed by atoms with Gasteiger partial charge in [0, 0.05) is 8.95 Å². The largest absolute Gasteiger partial charge is 0.306 e. The topological polar surface area (TPSA) is 42.0 Å². The molecule has 0 bridgehead atoms. The molecule has 0 saturated carbocycles. The van der Waals surface area contributed by atoms with Gasteiger partial charge in [-0.25, -0.2) is 4.98 Å². The molecule has 1 N–H and O–H groups in total. The SMILES string of the molecule is O=C(Nc1cccc(Br)n1)c1ccc(Br)cc1Br. The fourth-order valence-electron chi connectivity index (χ4n) is 1.34. The van der Waals surface area contributed by atoms with Crippen molar-refractivity contribution in [1.29, 1.82) is 0 Å². The summed E-state index contributed by atoms with van der Waals surface area (Å²) in [4.78, 5) is 16.2. The molecule has 0 aliphatic heterocycles. The van der Waals surface area contributed by atoms with E-state index < -0.39 is 0 Å². The molecule has 3 nitrogen and oxygen atoms in total. The first-order valence-corrected chi connectivity index (χ1v) is 7.33. The van der Waals surface area contributed by atoms with Crippen LogP contribution in [0.25, 0.3) is 0 Å². The van der Waals surface area contributed by atoms with E-state index in [0.717, 1.165) is 8.95 Å². The van der Waals surface area contributed by atoms with Gasteiger partial charge in [-0.1, -0.05) is 22.0 Å². The molecule has 1 aromatic carbocycles. The van der Waals surface area contributed by atoms with Gasteiger partial charge in [0.25, 0.3) is 5.91 Å². The standard InChI is InChI=1S/C12H7Br3N2O/c13-7-4-5-8(9(14)6-7)12(18)17-11-3-1-2-10(15)16-11/h1-6H,(H,16,17,18). The minimum atomic E-state index is -0.208. The van der Waals surface area contributed by atoms with E-state index in [4.69, 9.17) is 0 Å². The summed E-state index contributed by atoms with van der Waals surface area (Å²) < 4.78 is 2.31. The quantitative estimate of drug-likeness (QED) is 0.701. The summed E-state index contributed by atoms with van der Waals surface area (Å²) in [7, 11) is 0. The monoisotopic (exact) mass is 432 g/mol. The second kappa shape index (κ2) is 5.95. The summed E-state index contributed by atoms with van der Waals surface area (Å²) in [5.41, 5.74) is 0.556. The molecule has 0 atom stereocenters. The third-order valence-electron chi connectivity index (χ3n) is 2.13. The van der Waals surface area contributed by atoms with E-state index in [2.05, 4.69) is 58.1 Å². The molecule has 18 heavy (non-hydrogen) atoms. The van der Waals surface area contributed by atoms with Gasteiger partial charge in [-0.15, -0.1) is 0 Å². The van der Waals surface area contributed by atoms with Crippen LogP contribution in [0.1, 0.15) is 10.4 Å². The molecule has 0 fully saturated rings. The number of amides is 1. The van der Waals surface area contributed by atoms with Crippen molar-refractivity contribution in [2.24, 2.45) is 0 Å². The number of aromatic nitrogens is 1. The van der Waals surface area contributed by atoms with E-state index >= 15 is 0 Å². The zero-order valence-corrected chi connectivity index (χ0v) is 13.7. The first kappa shape index (κ1) is 13.7. The van der Waals surface area contributed by atoms with Crippen molar-refractivity contribution in [3.63, 3.8) is 0 Å². The van der Waals surface area contributed by atoms with Crippen molar-refractivity contribution < 1.29 is 4.79 Å². The van der Waals surface area contributed by atoms with Gasteiger partial charge in [0.05, 0.1) is 5.56 Å². The van der Waals surface area contributed by atoms with Gasteiger partial charge in [-0.3, -0.25) is 4.79 Å². The van der Waals surface area contributed by atoms with E-state index in [9.17, 15) is 4.79 Å². The fraction of sp³-hybridized carbons (Fsp3) is 0. The van der Waals surface area contributed by atoms with Crippen LogP contribution in [0.4, 0.5) is 5.82 Å². The van der Waals surface area contributed by atoms with Crippen LogP contribution in [-0.4, -0.2) is 10.9 Å². The van der Waals surface area contributed by atoms with Crippen LogP contribution in [0.2, 0.25) is 0 Å². The number of carbonyl (C=O) groups is 1. The van der Waals surface area contributed by atoms with Crippen LogP contribution in [-0.2, 0) is 0 Å². The maximum absolute atomic E-state index is 12.0. The van der Waals surface area contributed by atoms with Gasteiger partial charge in [0.15, 0.2) is 0 Å². The molecular weight excluding hydrogens is 428 g/mol. The predicted octanol–water partition coefficient (Wildman–Crippen LogP) is 4.62. The van der Waals surface area contributed by atoms with Gasteiger partial charge in [-0.05, 0) is 62.2 Å². The van der Waals surface area contributed by atoms with Crippen molar-refractivity contribution in [3.8, 4) is 0 Å². The lowest BCUT2D eigenvalue weighted by molar-refractivity contribution is 0.102. The summed E-state index contributed by atoms with van der Waals surface area (Å²) in [6.45, 7) is 0. The van der Waals surface area contributed by atoms with E-state index in [1.54, 1.807) is 18.2 Å². The molecule has 1 heterocycles. The molecule has 0 spiro atoms. The number of carbonyl (C=O) groups excluding carboxylic acids is 1.